The number of hydrogen-bond donors (Lipinski definition) is 1. The summed E-state index contributed by atoms with van der Waals surface area (Å²) in [5.41, 5.74) is 2.63. The number of anilines is 1. The van der Waals surface area contributed by atoms with Gasteiger partial charge in [0.1, 0.15) is 30.3 Å². The first-order chi connectivity index (χ1) is 15.0. The molecule has 2 heterocycles. The van der Waals surface area contributed by atoms with Gasteiger partial charge < -0.3 is 9.26 Å². The first-order valence-corrected chi connectivity index (χ1v) is 9.58. The number of hydrogen-bond acceptors (Lipinski definition) is 6. The van der Waals surface area contributed by atoms with E-state index in [1.807, 2.05) is 31.2 Å². The summed E-state index contributed by atoms with van der Waals surface area (Å²) < 4.78 is 25.5. The summed E-state index contributed by atoms with van der Waals surface area (Å²) in [6, 6.07) is 13.7. The summed E-state index contributed by atoms with van der Waals surface area (Å²) in [5, 5.41) is 10.7. The summed E-state index contributed by atoms with van der Waals surface area (Å²) >= 11 is 0. The van der Waals surface area contributed by atoms with Gasteiger partial charge in [-0.25, -0.2) is 14.1 Å². The van der Waals surface area contributed by atoms with Gasteiger partial charge in [-0.15, -0.1) is 5.10 Å². The molecule has 0 aliphatic carbocycles. The molecule has 0 saturated carbocycles. The van der Waals surface area contributed by atoms with Crippen LogP contribution in [-0.2, 0) is 13.2 Å². The SMILES string of the molecule is Cc1ccc(OCc2c(C(=O)Nc3ncn(Cc4ccc(F)cc4)n3)noc2C)cc1. The Balaban J connectivity index is 1.41. The number of carbonyl (C=O) groups is 1. The molecule has 2 aromatic heterocycles. The number of rotatable bonds is 7. The minimum atomic E-state index is -0.501. The largest absolute Gasteiger partial charge is 0.489 e. The fourth-order valence-corrected chi connectivity index (χ4v) is 2.90. The van der Waals surface area contributed by atoms with Crippen molar-refractivity contribution in [3.05, 3.63) is 88.8 Å². The molecule has 0 spiro atoms. The maximum absolute atomic E-state index is 13.0. The molecule has 8 nitrogen and oxygen atoms in total. The third-order valence-electron chi connectivity index (χ3n) is 4.62. The molecular weight excluding hydrogens is 401 g/mol. The molecule has 0 aliphatic rings. The highest BCUT2D eigenvalue weighted by molar-refractivity contribution is 6.02. The maximum atomic E-state index is 13.0. The number of aromatic nitrogens is 4. The van der Waals surface area contributed by atoms with E-state index in [9.17, 15) is 9.18 Å². The second-order valence-corrected chi connectivity index (χ2v) is 7.01. The quantitative estimate of drug-likeness (QED) is 0.486. The molecule has 0 fully saturated rings. The van der Waals surface area contributed by atoms with E-state index in [0.29, 0.717) is 23.6 Å². The van der Waals surface area contributed by atoms with E-state index in [-0.39, 0.29) is 24.1 Å². The standard InChI is InChI=1S/C22H20FN5O3/c1-14-3-9-18(10-4-14)30-12-19-15(2)31-27-20(19)21(29)25-22-24-13-28(26-22)11-16-5-7-17(23)8-6-16/h3-10,13H,11-12H2,1-2H3,(H,25,26,29). The van der Waals surface area contributed by atoms with E-state index in [4.69, 9.17) is 9.26 Å². The van der Waals surface area contributed by atoms with Crippen molar-refractivity contribution < 1.29 is 18.4 Å². The van der Waals surface area contributed by atoms with Crippen LogP contribution in [0.4, 0.5) is 10.3 Å². The number of nitrogens with zero attached hydrogens (tertiary/aromatic N) is 4. The van der Waals surface area contributed by atoms with Gasteiger partial charge in [0.15, 0.2) is 5.69 Å². The second-order valence-electron chi connectivity index (χ2n) is 7.01. The van der Waals surface area contributed by atoms with Crippen LogP contribution in [0.1, 0.15) is 32.9 Å². The number of halogens is 1. The smallest absolute Gasteiger partial charge is 0.280 e. The lowest BCUT2D eigenvalue weighted by atomic mass is 10.2. The maximum Gasteiger partial charge on any atom is 0.280 e. The van der Waals surface area contributed by atoms with E-state index in [1.54, 1.807) is 19.1 Å². The highest BCUT2D eigenvalue weighted by atomic mass is 19.1. The molecule has 158 valence electrons. The lowest BCUT2D eigenvalue weighted by Gasteiger charge is -2.07. The predicted molar refractivity (Wildman–Crippen MR) is 110 cm³/mol. The normalized spacial score (nSPS) is 10.8. The highest BCUT2D eigenvalue weighted by Gasteiger charge is 2.21. The van der Waals surface area contributed by atoms with Crippen molar-refractivity contribution in [3.63, 3.8) is 0 Å². The molecule has 0 unspecified atom stereocenters. The molecule has 4 aromatic rings. The van der Waals surface area contributed by atoms with E-state index < -0.39 is 5.91 Å². The predicted octanol–water partition coefficient (Wildman–Crippen LogP) is 3.90. The zero-order chi connectivity index (χ0) is 21.8. The fraction of sp³-hybridized carbons (Fsp3) is 0.182. The van der Waals surface area contributed by atoms with E-state index in [2.05, 4.69) is 20.6 Å². The molecule has 0 aliphatic heterocycles. The lowest BCUT2D eigenvalue weighted by molar-refractivity contribution is 0.101. The summed E-state index contributed by atoms with van der Waals surface area (Å²) in [4.78, 5) is 16.8. The first kappa shape index (κ1) is 20.3. The average molecular weight is 421 g/mol. The molecule has 4 rings (SSSR count). The number of benzene rings is 2. The summed E-state index contributed by atoms with van der Waals surface area (Å²) in [7, 11) is 0. The van der Waals surface area contributed by atoms with Crippen molar-refractivity contribution in [2.45, 2.75) is 27.0 Å². The number of aryl methyl sites for hydroxylation is 2. The van der Waals surface area contributed by atoms with Gasteiger partial charge in [-0.3, -0.25) is 10.1 Å². The summed E-state index contributed by atoms with van der Waals surface area (Å²) in [6.45, 7) is 4.23. The summed E-state index contributed by atoms with van der Waals surface area (Å²) in [5.74, 6) is 0.489. The zero-order valence-electron chi connectivity index (χ0n) is 17.0. The Morgan fingerprint density at radius 1 is 1.13 bits per heavy atom. The topological polar surface area (TPSA) is 95.1 Å². The van der Waals surface area contributed by atoms with Crippen LogP contribution in [0.2, 0.25) is 0 Å². The van der Waals surface area contributed by atoms with E-state index >= 15 is 0 Å². The molecule has 9 heteroatoms. The highest BCUT2D eigenvalue weighted by Crippen LogP contribution is 2.19. The number of ether oxygens (including phenoxy) is 1. The Hall–Kier alpha value is -4.01. The van der Waals surface area contributed by atoms with Crippen LogP contribution < -0.4 is 10.1 Å². The molecule has 0 radical (unpaired) electrons. The Morgan fingerprint density at radius 3 is 2.61 bits per heavy atom. The average Bonchev–Trinajstić information content (AvgIpc) is 3.35. The minimum Gasteiger partial charge on any atom is -0.489 e. The Kier molecular flexibility index (Phi) is 5.74. The van der Waals surface area contributed by atoms with Crippen molar-refractivity contribution in [1.29, 1.82) is 0 Å². The number of nitrogens with one attached hydrogen (secondary N) is 1. The fourth-order valence-electron chi connectivity index (χ4n) is 2.90. The lowest BCUT2D eigenvalue weighted by Crippen LogP contribution is -2.16. The van der Waals surface area contributed by atoms with Gasteiger partial charge in [-0.2, -0.15) is 0 Å². The van der Waals surface area contributed by atoms with Gasteiger partial charge in [-0.05, 0) is 43.7 Å². The Morgan fingerprint density at radius 2 is 1.87 bits per heavy atom. The van der Waals surface area contributed by atoms with Gasteiger partial charge in [0.25, 0.3) is 5.91 Å². The van der Waals surface area contributed by atoms with Gasteiger partial charge in [0, 0.05) is 0 Å². The molecule has 0 bridgehead atoms. The number of carbonyl (C=O) groups excluding carboxylic acids is 1. The van der Waals surface area contributed by atoms with Gasteiger partial charge in [0.2, 0.25) is 5.95 Å². The number of amides is 1. The molecule has 2 aromatic carbocycles. The first-order valence-electron chi connectivity index (χ1n) is 9.58. The Bertz CT molecular complexity index is 1180. The van der Waals surface area contributed by atoms with Crippen LogP contribution in [0.5, 0.6) is 5.75 Å². The molecular formula is C22H20FN5O3. The van der Waals surface area contributed by atoms with Crippen molar-refractivity contribution >= 4 is 11.9 Å². The van der Waals surface area contributed by atoms with E-state index in [1.165, 1.54) is 23.1 Å². The van der Waals surface area contributed by atoms with Crippen molar-refractivity contribution in [2.24, 2.45) is 0 Å². The van der Waals surface area contributed by atoms with Crippen molar-refractivity contribution in [1.82, 2.24) is 19.9 Å². The van der Waals surface area contributed by atoms with Crippen LogP contribution >= 0.6 is 0 Å². The third kappa shape index (κ3) is 4.95. The van der Waals surface area contributed by atoms with Gasteiger partial charge in [-0.1, -0.05) is 35.0 Å². The minimum absolute atomic E-state index is 0.111. The van der Waals surface area contributed by atoms with Crippen LogP contribution in [0.3, 0.4) is 0 Å². The molecule has 31 heavy (non-hydrogen) atoms. The van der Waals surface area contributed by atoms with Crippen LogP contribution in [-0.4, -0.2) is 25.8 Å². The van der Waals surface area contributed by atoms with Crippen molar-refractivity contribution in [2.75, 3.05) is 5.32 Å². The summed E-state index contributed by atoms with van der Waals surface area (Å²) in [6.07, 6.45) is 1.48. The van der Waals surface area contributed by atoms with Gasteiger partial charge in [0.05, 0.1) is 12.1 Å². The molecule has 0 atom stereocenters. The Labute approximate surface area is 177 Å². The monoisotopic (exact) mass is 421 g/mol. The molecule has 1 amide bonds. The van der Waals surface area contributed by atoms with Crippen LogP contribution in [0, 0.1) is 19.7 Å². The molecule has 1 N–H and O–H groups in total. The third-order valence-corrected chi connectivity index (χ3v) is 4.62. The van der Waals surface area contributed by atoms with Crippen molar-refractivity contribution in [3.8, 4) is 5.75 Å². The second kappa shape index (κ2) is 8.78. The molecule has 0 saturated heterocycles. The van der Waals surface area contributed by atoms with E-state index in [0.717, 1.165) is 11.1 Å². The van der Waals surface area contributed by atoms with Gasteiger partial charge >= 0.3 is 0 Å². The van der Waals surface area contributed by atoms with Crippen LogP contribution in [0.15, 0.2) is 59.4 Å². The zero-order valence-corrected chi connectivity index (χ0v) is 17.0. The van der Waals surface area contributed by atoms with Crippen LogP contribution in [0.25, 0.3) is 0 Å².